The van der Waals surface area contributed by atoms with E-state index in [1.165, 1.54) is 29.1 Å². The number of aromatic nitrogens is 1. The molecule has 1 saturated carbocycles. The van der Waals surface area contributed by atoms with Gasteiger partial charge in [-0.2, -0.15) is 0 Å². The molecule has 2 amide bonds. The van der Waals surface area contributed by atoms with E-state index in [0.29, 0.717) is 24.4 Å². The maximum atomic E-state index is 13.0. The van der Waals surface area contributed by atoms with Crippen LogP contribution in [0.25, 0.3) is 22.2 Å². The number of carbonyl (C=O) groups is 2. The Hall–Kier alpha value is -3.17. The lowest BCUT2D eigenvalue weighted by Gasteiger charge is -2.24. The minimum absolute atomic E-state index is 0.349. The van der Waals surface area contributed by atoms with Crippen LogP contribution in [0.5, 0.6) is 5.75 Å². The zero-order valence-corrected chi connectivity index (χ0v) is 22.4. The van der Waals surface area contributed by atoms with E-state index in [0.717, 1.165) is 46.3 Å². The maximum absolute atomic E-state index is 13.0. The highest BCUT2D eigenvalue weighted by Crippen LogP contribution is 2.47. The van der Waals surface area contributed by atoms with Crippen LogP contribution >= 0.6 is 0 Å². The normalized spacial score (nSPS) is 18.6. The number of methoxy groups -OCH3 is 1. The van der Waals surface area contributed by atoms with E-state index in [2.05, 4.69) is 15.4 Å². The second kappa shape index (κ2) is 10.3. The molecule has 3 N–H and O–H groups in total. The summed E-state index contributed by atoms with van der Waals surface area (Å²) in [6.45, 7) is 0.430. The van der Waals surface area contributed by atoms with Crippen LogP contribution in [0, 0.1) is 5.92 Å². The Morgan fingerprint density at radius 2 is 1.86 bits per heavy atom. The summed E-state index contributed by atoms with van der Waals surface area (Å²) in [6, 6.07) is 11.7. The number of ether oxygens (including phenoxy) is 1. The molecule has 0 spiro atoms. The van der Waals surface area contributed by atoms with Crippen LogP contribution in [-0.4, -0.2) is 46.1 Å². The smallest absolute Gasteiger partial charge is 0.264 e. The Morgan fingerprint density at radius 3 is 2.54 bits per heavy atom. The van der Waals surface area contributed by atoms with Crippen LogP contribution in [0.2, 0.25) is 0 Å². The molecule has 2 unspecified atom stereocenters. The summed E-state index contributed by atoms with van der Waals surface area (Å²) in [5.41, 5.74) is 11.7. The third-order valence-electron chi connectivity index (χ3n) is 7.73. The van der Waals surface area contributed by atoms with Gasteiger partial charge in [0.05, 0.1) is 18.7 Å². The molecule has 1 aliphatic carbocycles. The minimum atomic E-state index is -1.63. The second-order valence-electron chi connectivity index (χ2n) is 10.3. The molecule has 2 atom stereocenters. The van der Waals surface area contributed by atoms with E-state index >= 15 is 0 Å². The number of nitrogens with two attached hydrogens (primary N) is 1. The molecular weight excluding hydrogens is 488 g/mol. The SMILES string of the molecule is COc1ccc2c(c1)CC(C(N)=O)Cn1c-2c(C2CCCCC2)c2ccc(C(=O)NS(=O)N(C)C)cc21. The Bertz CT molecular complexity index is 1390. The van der Waals surface area contributed by atoms with Crippen molar-refractivity contribution in [3.63, 3.8) is 0 Å². The molecule has 0 bridgehead atoms. The average molecular weight is 523 g/mol. The largest absolute Gasteiger partial charge is 0.497 e. The van der Waals surface area contributed by atoms with Crippen molar-refractivity contribution in [2.75, 3.05) is 21.2 Å². The van der Waals surface area contributed by atoms with Crippen molar-refractivity contribution in [3.05, 3.63) is 53.1 Å². The predicted molar refractivity (Wildman–Crippen MR) is 145 cm³/mol. The van der Waals surface area contributed by atoms with Crippen molar-refractivity contribution >= 4 is 33.9 Å². The van der Waals surface area contributed by atoms with Gasteiger partial charge in [0, 0.05) is 42.7 Å². The predicted octanol–water partition coefficient (Wildman–Crippen LogP) is 3.89. The molecule has 37 heavy (non-hydrogen) atoms. The van der Waals surface area contributed by atoms with Gasteiger partial charge in [0.1, 0.15) is 5.75 Å². The Kier molecular flexibility index (Phi) is 7.09. The summed E-state index contributed by atoms with van der Waals surface area (Å²) < 4.78 is 23.9. The number of hydrogen-bond donors (Lipinski definition) is 2. The van der Waals surface area contributed by atoms with Crippen LogP contribution in [0.3, 0.4) is 0 Å². The fraction of sp³-hybridized carbons (Fsp3) is 0.429. The number of rotatable bonds is 6. The molecule has 1 fully saturated rings. The van der Waals surface area contributed by atoms with Gasteiger partial charge in [-0.25, -0.2) is 8.51 Å². The Balaban J connectivity index is 1.75. The summed E-state index contributed by atoms with van der Waals surface area (Å²) in [6.07, 6.45) is 6.37. The van der Waals surface area contributed by atoms with E-state index in [1.54, 1.807) is 27.3 Å². The van der Waals surface area contributed by atoms with Gasteiger partial charge in [0.15, 0.2) is 11.2 Å². The zero-order valence-electron chi connectivity index (χ0n) is 21.6. The molecule has 2 heterocycles. The fourth-order valence-corrected chi connectivity index (χ4v) is 6.33. The second-order valence-corrected chi connectivity index (χ2v) is 11.7. The van der Waals surface area contributed by atoms with Gasteiger partial charge in [-0.15, -0.1) is 0 Å². The summed E-state index contributed by atoms with van der Waals surface area (Å²) >= 11 is -1.63. The molecule has 1 aromatic heterocycles. The van der Waals surface area contributed by atoms with Gasteiger partial charge in [-0.1, -0.05) is 25.3 Å². The maximum Gasteiger partial charge on any atom is 0.264 e. The Labute approximate surface area is 219 Å². The standard InChI is InChI=1S/C28H34N4O4S/c1-31(2)37(35)30-28(34)18-9-11-23-24(15-18)32-16-20(27(29)33)13-19-14-21(36-3)10-12-22(19)26(32)25(23)17-7-5-4-6-8-17/h9-12,14-15,17,20H,4-8,13,16H2,1-3H3,(H2,29,33)(H,30,34). The summed E-state index contributed by atoms with van der Waals surface area (Å²) in [5.74, 6) is -0.0142. The molecule has 2 aliphatic rings. The van der Waals surface area contributed by atoms with Crippen LogP contribution in [0.15, 0.2) is 36.4 Å². The van der Waals surface area contributed by atoms with Crippen LogP contribution in [-0.2, 0) is 28.9 Å². The van der Waals surface area contributed by atoms with Crippen molar-refractivity contribution in [1.82, 2.24) is 13.6 Å². The monoisotopic (exact) mass is 522 g/mol. The van der Waals surface area contributed by atoms with Crippen molar-refractivity contribution in [1.29, 1.82) is 0 Å². The molecule has 8 nitrogen and oxygen atoms in total. The first-order chi connectivity index (χ1) is 17.8. The third kappa shape index (κ3) is 4.78. The third-order valence-corrected chi connectivity index (χ3v) is 8.75. The number of fused-ring (bicyclic) bond motifs is 5. The molecule has 0 radical (unpaired) electrons. The minimum Gasteiger partial charge on any atom is -0.497 e. The summed E-state index contributed by atoms with van der Waals surface area (Å²) in [5, 5.41) is 1.10. The molecule has 0 saturated heterocycles. The van der Waals surface area contributed by atoms with E-state index in [4.69, 9.17) is 10.5 Å². The highest BCUT2D eigenvalue weighted by Gasteiger charge is 2.32. The number of amides is 2. The lowest BCUT2D eigenvalue weighted by Crippen LogP contribution is -2.34. The van der Waals surface area contributed by atoms with Crippen LogP contribution in [0.1, 0.15) is 59.5 Å². The molecule has 3 aromatic rings. The number of primary amides is 1. The fourth-order valence-electron chi connectivity index (χ4n) is 5.87. The van der Waals surface area contributed by atoms with Gasteiger partial charge >= 0.3 is 0 Å². The van der Waals surface area contributed by atoms with Crippen LogP contribution < -0.4 is 15.2 Å². The zero-order chi connectivity index (χ0) is 26.3. The van der Waals surface area contributed by atoms with Crippen molar-refractivity contribution in [3.8, 4) is 17.0 Å². The summed E-state index contributed by atoms with van der Waals surface area (Å²) in [7, 11) is 4.92. The molecule has 196 valence electrons. The van der Waals surface area contributed by atoms with E-state index in [-0.39, 0.29) is 5.91 Å². The number of nitrogens with zero attached hydrogens (tertiary/aromatic N) is 2. The van der Waals surface area contributed by atoms with Gasteiger partial charge in [-0.05, 0) is 66.6 Å². The van der Waals surface area contributed by atoms with Crippen molar-refractivity contribution in [2.45, 2.75) is 51.0 Å². The highest BCUT2D eigenvalue weighted by atomic mass is 32.2. The first-order valence-corrected chi connectivity index (χ1v) is 13.9. The van der Waals surface area contributed by atoms with Gasteiger partial charge in [-0.3, -0.25) is 14.3 Å². The lowest BCUT2D eigenvalue weighted by molar-refractivity contribution is -0.122. The van der Waals surface area contributed by atoms with Crippen LogP contribution in [0.4, 0.5) is 0 Å². The number of benzene rings is 2. The van der Waals surface area contributed by atoms with E-state index < -0.39 is 23.0 Å². The Morgan fingerprint density at radius 1 is 1.11 bits per heavy atom. The highest BCUT2D eigenvalue weighted by molar-refractivity contribution is 7.81. The molecule has 2 aromatic carbocycles. The molecule has 9 heteroatoms. The lowest BCUT2D eigenvalue weighted by atomic mass is 9.81. The van der Waals surface area contributed by atoms with E-state index in [1.807, 2.05) is 24.3 Å². The molecule has 5 rings (SSSR count). The number of hydrogen-bond acceptors (Lipinski definition) is 4. The summed E-state index contributed by atoms with van der Waals surface area (Å²) in [4.78, 5) is 25.5. The quantitative estimate of drug-likeness (QED) is 0.512. The first kappa shape index (κ1) is 25.5. The number of carbonyl (C=O) groups excluding carboxylic acids is 2. The topological polar surface area (TPSA) is 107 Å². The average Bonchev–Trinajstić information content (AvgIpc) is 3.10. The van der Waals surface area contributed by atoms with Gasteiger partial charge in [0.25, 0.3) is 5.91 Å². The number of nitrogens with one attached hydrogen (secondary N) is 1. The van der Waals surface area contributed by atoms with Gasteiger partial charge in [0.2, 0.25) is 5.91 Å². The van der Waals surface area contributed by atoms with Crippen molar-refractivity contribution < 1.29 is 18.5 Å². The van der Waals surface area contributed by atoms with Gasteiger partial charge < -0.3 is 15.0 Å². The molecular formula is C28H34N4O4S. The van der Waals surface area contributed by atoms with Crippen molar-refractivity contribution in [2.24, 2.45) is 11.7 Å². The first-order valence-electron chi connectivity index (χ1n) is 12.8. The van der Waals surface area contributed by atoms with E-state index in [9.17, 15) is 13.8 Å². The molecule has 1 aliphatic heterocycles.